The molecule has 2 heterocycles. The van der Waals surface area contributed by atoms with Gasteiger partial charge in [0.2, 0.25) is 0 Å². The molecule has 0 saturated heterocycles. The number of hydrogen-bond donors (Lipinski definition) is 2. The van der Waals surface area contributed by atoms with E-state index in [0.29, 0.717) is 38.2 Å². The van der Waals surface area contributed by atoms with E-state index in [1.54, 1.807) is 67.0 Å². The predicted octanol–water partition coefficient (Wildman–Crippen LogP) is 5.31. The van der Waals surface area contributed by atoms with Crippen molar-refractivity contribution in [3.63, 3.8) is 0 Å². The van der Waals surface area contributed by atoms with Crippen LogP contribution in [0.3, 0.4) is 0 Å². The molecular weight excluding hydrogens is 411 g/mol. The van der Waals surface area contributed by atoms with Crippen molar-refractivity contribution in [2.45, 2.75) is 0 Å². The number of anilines is 2. The third kappa shape index (κ3) is 4.23. The number of fused-ring (bicyclic) bond motifs is 1. The van der Waals surface area contributed by atoms with Crippen molar-refractivity contribution in [3.05, 3.63) is 93.5 Å². The van der Waals surface area contributed by atoms with Crippen LogP contribution >= 0.6 is 23.2 Å². The number of benzene rings is 2. The van der Waals surface area contributed by atoms with Gasteiger partial charge in [0.25, 0.3) is 5.56 Å². The first-order valence-corrected chi connectivity index (χ1v) is 9.36. The van der Waals surface area contributed by atoms with Gasteiger partial charge in [0, 0.05) is 33.8 Å². The Labute approximate surface area is 175 Å². The lowest BCUT2D eigenvalue weighted by Gasteiger charge is -2.09. The monoisotopic (exact) mass is 424 g/mol. The van der Waals surface area contributed by atoms with E-state index in [0.717, 1.165) is 0 Å². The van der Waals surface area contributed by atoms with Gasteiger partial charge in [-0.3, -0.25) is 9.20 Å². The highest BCUT2D eigenvalue weighted by Crippen LogP contribution is 2.23. The minimum absolute atomic E-state index is 0.160. The Morgan fingerprint density at radius 2 is 1.59 bits per heavy atom. The largest absolute Gasteiger partial charge is 0.323 e. The van der Waals surface area contributed by atoms with Gasteiger partial charge in [-0.1, -0.05) is 41.4 Å². The maximum Gasteiger partial charge on any atom is 0.323 e. The lowest BCUT2D eigenvalue weighted by Crippen LogP contribution is -2.19. The number of aromatic nitrogens is 2. The molecule has 0 saturated carbocycles. The number of amides is 2. The van der Waals surface area contributed by atoms with E-state index in [4.69, 9.17) is 23.2 Å². The summed E-state index contributed by atoms with van der Waals surface area (Å²) in [7, 11) is 0. The summed E-state index contributed by atoms with van der Waals surface area (Å²) in [5, 5.41) is 6.23. The third-order valence-electron chi connectivity index (χ3n) is 4.19. The van der Waals surface area contributed by atoms with Crippen molar-refractivity contribution >= 4 is 46.3 Å². The number of halogens is 2. The lowest BCUT2D eigenvalue weighted by atomic mass is 10.1. The molecule has 0 bridgehead atoms. The van der Waals surface area contributed by atoms with Crippen molar-refractivity contribution in [2.24, 2.45) is 0 Å². The molecule has 2 amide bonds. The smallest absolute Gasteiger partial charge is 0.308 e. The Morgan fingerprint density at radius 1 is 0.897 bits per heavy atom. The Kier molecular flexibility index (Phi) is 5.20. The highest BCUT2D eigenvalue weighted by Gasteiger charge is 2.08. The fourth-order valence-corrected chi connectivity index (χ4v) is 3.40. The average molecular weight is 425 g/mol. The van der Waals surface area contributed by atoms with E-state index in [1.165, 1.54) is 4.40 Å². The van der Waals surface area contributed by atoms with Crippen LogP contribution < -0.4 is 16.2 Å². The molecule has 144 valence electrons. The molecule has 2 aromatic heterocycles. The summed E-state index contributed by atoms with van der Waals surface area (Å²) in [5.74, 6) is 0. The van der Waals surface area contributed by atoms with Gasteiger partial charge in [-0.25, -0.2) is 9.78 Å². The van der Waals surface area contributed by atoms with Gasteiger partial charge in [0.1, 0.15) is 5.65 Å². The molecular formula is C21H14Cl2N4O2. The van der Waals surface area contributed by atoms with Crippen LogP contribution in [0.1, 0.15) is 0 Å². The Balaban J connectivity index is 1.51. The summed E-state index contributed by atoms with van der Waals surface area (Å²) >= 11 is 11.9. The zero-order valence-corrected chi connectivity index (χ0v) is 16.4. The van der Waals surface area contributed by atoms with Crippen molar-refractivity contribution in [3.8, 4) is 11.1 Å². The van der Waals surface area contributed by atoms with Crippen LogP contribution in [0.2, 0.25) is 10.0 Å². The number of urea groups is 1. The maximum absolute atomic E-state index is 12.7. The first-order valence-electron chi connectivity index (χ1n) is 8.60. The minimum Gasteiger partial charge on any atom is -0.308 e. The van der Waals surface area contributed by atoms with E-state index < -0.39 is 6.03 Å². The molecule has 4 aromatic rings. The van der Waals surface area contributed by atoms with Gasteiger partial charge < -0.3 is 10.6 Å². The molecule has 0 unspecified atom stereocenters. The van der Waals surface area contributed by atoms with Gasteiger partial charge in [0.05, 0.1) is 5.56 Å². The summed E-state index contributed by atoms with van der Waals surface area (Å²) in [5.41, 5.74) is 2.64. The van der Waals surface area contributed by atoms with Crippen molar-refractivity contribution in [1.29, 1.82) is 0 Å². The second-order valence-corrected chi connectivity index (χ2v) is 7.09. The number of nitrogens with one attached hydrogen (secondary N) is 2. The number of carbonyl (C=O) groups excluding carboxylic acids is 1. The predicted molar refractivity (Wildman–Crippen MR) is 116 cm³/mol. The standard InChI is InChI=1S/C21H14Cl2N4O2/c22-14-9-15(23)11-17(10-14)26-21(29)25-16-6-4-13(5-7-16)18-12-24-19-3-1-2-8-27(19)20(18)28/h1-12H,(H2,25,26,29). The van der Waals surface area contributed by atoms with Gasteiger partial charge >= 0.3 is 6.03 Å². The molecule has 0 fully saturated rings. The molecule has 0 aliphatic heterocycles. The van der Waals surface area contributed by atoms with E-state index >= 15 is 0 Å². The SMILES string of the molecule is O=C(Nc1ccc(-c2cnc3ccccn3c2=O)cc1)Nc1cc(Cl)cc(Cl)c1. The van der Waals surface area contributed by atoms with Gasteiger partial charge in [-0.05, 0) is 48.0 Å². The second kappa shape index (κ2) is 7.95. The van der Waals surface area contributed by atoms with E-state index in [1.807, 2.05) is 6.07 Å². The van der Waals surface area contributed by atoms with Crippen LogP contribution in [0.25, 0.3) is 16.8 Å². The minimum atomic E-state index is -0.441. The molecule has 0 atom stereocenters. The number of carbonyl (C=O) groups is 1. The fraction of sp³-hybridized carbons (Fsp3) is 0. The highest BCUT2D eigenvalue weighted by molar-refractivity contribution is 6.35. The van der Waals surface area contributed by atoms with Gasteiger partial charge in [0.15, 0.2) is 0 Å². The number of nitrogens with zero attached hydrogens (tertiary/aromatic N) is 2. The Bertz CT molecular complexity index is 1250. The summed E-state index contributed by atoms with van der Waals surface area (Å²) in [6, 6.07) is 16.6. The molecule has 0 aliphatic rings. The zero-order valence-electron chi connectivity index (χ0n) is 14.9. The van der Waals surface area contributed by atoms with E-state index in [2.05, 4.69) is 15.6 Å². The number of rotatable bonds is 3. The van der Waals surface area contributed by atoms with Crippen LogP contribution in [-0.4, -0.2) is 15.4 Å². The van der Waals surface area contributed by atoms with Crippen molar-refractivity contribution in [1.82, 2.24) is 9.38 Å². The normalized spacial score (nSPS) is 10.7. The van der Waals surface area contributed by atoms with Gasteiger partial charge in [-0.2, -0.15) is 0 Å². The van der Waals surface area contributed by atoms with Crippen molar-refractivity contribution in [2.75, 3.05) is 10.6 Å². The van der Waals surface area contributed by atoms with E-state index in [9.17, 15) is 9.59 Å². The first kappa shape index (κ1) is 19.0. The quantitative estimate of drug-likeness (QED) is 0.467. The summed E-state index contributed by atoms with van der Waals surface area (Å²) in [6.07, 6.45) is 3.23. The summed E-state index contributed by atoms with van der Waals surface area (Å²) in [6.45, 7) is 0. The Hall–Kier alpha value is -3.35. The second-order valence-electron chi connectivity index (χ2n) is 6.22. The zero-order chi connectivity index (χ0) is 20.4. The van der Waals surface area contributed by atoms with Crippen molar-refractivity contribution < 1.29 is 4.79 Å². The average Bonchev–Trinajstić information content (AvgIpc) is 2.68. The number of hydrogen-bond acceptors (Lipinski definition) is 3. The molecule has 29 heavy (non-hydrogen) atoms. The highest BCUT2D eigenvalue weighted by atomic mass is 35.5. The molecule has 0 aliphatic carbocycles. The molecule has 2 N–H and O–H groups in total. The van der Waals surface area contributed by atoms with Crippen LogP contribution in [0.5, 0.6) is 0 Å². The summed E-state index contributed by atoms with van der Waals surface area (Å²) in [4.78, 5) is 29.2. The number of pyridine rings is 1. The lowest BCUT2D eigenvalue weighted by molar-refractivity contribution is 0.262. The van der Waals surface area contributed by atoms with Crippen LogP contribution in [0, 0.1) is 0 Å². The molecule has 6 nitrogen and oxygen atoms in total. The van der Waals surface area contributed by atoms with Crippen LogP contribution in [-0.2, 0) is 0 Å². The summed E-state index contributed by atoms with van der Waals surface area (Å²) < 4.78 is 1.49. The van der Waals surface area contributed by atoms with Gasteiger partial charge in [-0.15, -0.1) is 0 Å². The first-order chi connectivity index (χ1) is 14.0. The van der Waals surface area contributed by atoms with Crippen LogP contribution in [0.15, 0.2) is 77.9 Å². The molecule has 0 spiro atoms. The third-order valence-corrected chi connectivity index (χ3v) is 4.62. The fourth-order valence-electron chi connectivity index (χ4n) is 2.88. The van der Waals surface area contributed by atoms with E-state index in [-0.39, 0.29) is 5.56 Å². The topological polar surface area (TPSA) is 75.5 Å². The molecule has 4 rings (SSSR count). The molecule has 8 heteroatoms. The maximum atomic E-state index is 12.7. The molecule has 0 radical (unpaired) electrons. The van der Waals surface area contributed by atoms with Crippen LogP contribution in [0.4, 0.5) is 16.2 Å². The Morgan fingerprint density at radius 3 is 2.31 bits per heavy atom. The molecule has 2 aromatic carbocycles.